The third-order valence-electron chi connectivity index (χ3n) is 4.20. The monoisotopic (exact) mass is 289 g/mol. The van der Waals surface area contributed by atoms with E-state index in [0.29, 0.717) is 13.0 Å². The van der Waals surface area contributed by atoms with Gasteiger partial charge in [-0.25, -0.2) is 0 Å². The summed E-state index contributed by atoms with van der Waals surface area (Å²) in [5.74, 6) is 0.0987. The van der Waals surface area contributed by atoms with Gasteiger partial charge >= 0.3 is 0 Å². The predicted octanol–water partition coefficient (Wildman–Crippen LogP) is 1.73. The Morgan fingerprint density at radius 3 is 2.71 bits per heavy atom. The molecule has 1 aromatic heterocycles. The summed E-state index contributed by atoms with van der Waals surface area (Å²) in [6.45, 7) is 6.39. The Labute approximate surface area is 125 Å². The third kappa shape index (κ3) is 3.23. The van der Waals surface area contributed by atoms with Crippen molar-refractivity contribution < 1.29 is 9.59 Å². The minimum atomic E-state index is -0.415. The standard InChI is InChI=1S/C16H23N3O2/c1-4-11(3)14-16(21)19(13(5-2)15(20)18-14)10-12-7-6-8-17-9-12/h6-9,11,13-14H,4-5,10H2,1-3H3,(H,18,20). The topological polar surface area (TPSA) is 62.3 Å². The molecule has 0 radical (unpaired) electrons. The molecule has 1 saturated heterocycles. The van der Waals surface area contributed by atoms with Gasteiger partial charge in [-0.2, -0.15) is 0 Å². The van der Waals surface area contributed by atoms with E-state index in [2.05, 4.69) is 10.3 Å². The van der Waals surface area contributed by atoms with E-state index in [9.17, 15) is 9.59 Å². The van der Waals surface area contributed by atoms with E-state index in [1.54, 1.807) is 17.3 Å². The van der Waals surface area contributed by atoms with Gasteiger partial charge < -0.3 is 10.2 Å². The molecule has 0 aromatic carbocycles. The Balaban J connectivity index is 2.24. The van der Waals surface area contributed by atoms with Crippen molar-refractivity contribution in [3.05, 3.63) is 30.1 Å². The van der Waals surface area contributed by atoms with Gasteiger partial charge in [-0.05, 0) is 24.0 Å². The summed E-state index contributed by atoms with van der Waals surface area (Å²) in [5.41, 5.74) is 0.946. The van der Waals surface area contributed by atoms with Crippen LogP contribution in [0.4, 0.5) is 0 Å². The summed E-state index contributed by atoms with van der Waals surface area (Å²) < 4.78 is 0. The van der Waals surface area contributed by atoms with E-state index >= 15 is 0 Å². The van der Waals surface area contributed by atoms with Crippen LogP contribution in [-0.4, -0.2) is 33.8 Å². The number of nitrogens with one attached hydrogen (secondary N) is 1. The quantitative estimate of drug-likeness (QED) is 0.898. The number of nitrogens with zero attached hydrogens (tertiary/aromatic N) is 2. The van der Waals surface area contributed by atoms with Crippen LogP contribution >= 0.6 is 0 Å². The minimum absolute atomic E-state index is 0.0136. The number of hydrogen-bond acceptors (Lipinski definition) is 3. The van der Waals surface area contributed by atoms with E-state index in [0.717, 1.165) is 12.0 Å². The van der Waals surface area contributed by atoms with E-state index in [1.165, 1.54) is 0 Å². The second kappa shape index (κ2) is 6.70. The van der Waals surface area contributed by atoms with Crippen LogP contribution in [0.5, 0.6) is 0 Å². The molecule has 1 aliphatic rings. The van der Waals surface area contributed by atoms with Crippen molar-refractivity contribution in [1.29, 1.82) is 0 Å². The molecule has 21 heavy (non-hydrogen) atoms. The molecule has 0 aliphatic carbocycles. The van der Waals surface area contributed by atoms with Crippen molar-refractivity contribution in [3.8, 4) is 0 Å². The van der Waals surface area contributed by atoms with Crippen molar-refractivity contribution in [2.75, 3.05) is 0 Å². The number of amides is 2. The Bertz CT molecular complexity index is 504. The highest BCUT2D eigenvalue weighted by molar-refractivity contribution is 5.97. The fourth-order valence-corrected chi connectivity index (χ4v) is 2.69. The van der Waals surface area contributed by atoms with Gasteiger partial charge in [0.1, 0.15) is 12.1 Å². The van der Waals surface area contributed by atoms with Crippen LogP contribution in [0.25, 0.3) is 0 Å². The van der Waals surface area contributed by atoms with E-state index < -0.39 is 12.1 Å². The van der Waals surface area contributed by atoms with Gasteiger partial charge in [0.15, 0.2) is 0 Å². The molecule has 3 unspecified atom stereocenters. The van der Waals surface area contributed by atoms with Crippen LogP contribution in [0.1, 0.15) is 39.2 Å². The Morgan fingerprint density at radius 1 is 1.38 bits per heavy atom. The summed E-state index contributed by atoms with van der Waals surface area (Å²) in [7, 11) is 0. The van der Waals surface area contributed by atoms with E-state index in [1.807, 2.05) is 32.9 Å². The first-order chi connectivity index (χ1) is 10.1. The molecule has 2 rings (SSSR count). The first-order valence-electron chi connectivity index (χ1n) is 7.58. The summed E-state index contributed by atoms with van der Waals surface area (Å²) in [6, 6.07) is 2.97. The maximum atomic E-state index is 12.7. The lowest BCUT2D eigenvalue weighted by molar-refractivity contribution is -0.151. The minimum Gasteiger partial charge on any atom is -0.342 e. The van der Waals surface area contributed by atoms with Crippen molar-refractivity contribution >= 4 is 11.8 Å². The number of carbonyl (C=O) groups is 2. The van der Waals surface area contributed by atoms with Gasteiger partial charge in [-0.3, -0.25) is 14.6 Å². The first kappa shape index (κ1) is 15.5. The number of piperazine rings is 1. The lowest BCUT2D eigenvalue weighted by Crippen LogP contribution is -2.64. The molecular formula is C16H23N3O2. The molecule has 5 heteroatoms. The van der Waals surface area contributed by atoms with Gasteiger partial charge in [0.05, 0.1) is 0 Å². The predicted molar refractivity (Wildman–Crippen MR) is 80.3 cm³/mol. The molecule has 3 atom stereocenters. The molecule has 1 aromatic rings. The molecule has 1 fully saturated rings. The third-order valence-corrected chi connectivity index (χ3v) is 4.20. The largest absolute Gasteiger partial charge is 0.342 e. The molecule has 1 aliphatic heterocycles. The summed E-state index contributed by atoms with van der Waals surface area (Å²) in [6.07, 6.45) is 4.91. The fraction of sp³-hybridized carbons (Fsp3) is 0.562. The van der Waals surface area contributed by atoms with E-state index in [4.69, 9.17) is 0 Å². The fourth-order valence-electron chi connectivity index (χ4n) is 2.69. The van der Waals surface area contributed by atoms with Crippen molar-refractivity contribution in [3.63, 3.8) is 0 Å². The Morgan fingerprint density at radius 2 is 2.14 bits per heavy atom. The van der Waals surface area contributed by atoms with Crippen molar-refractivity contribution in [2.24, 2.45) is 5.92 Å². The summed E-state index contributed by atoms with van der Waals surface area (Å²) >= 11 is 0. The van der Waals surface area contributed by atoms with Gasteiger partial charge in [-0.15, -0.1) is 0 Å². The lowest BCUT2D eigenvalue weighted by Gasteiger charge is -2.40. The number of pyridine rings is 1. The molecule has 5 nitrogen and oxygen atoms in total. The smallest absolute Gasteiger partial charge is 0.246 e. The average Bonchev–Trinajstić information content (AvgIpc) is 2.51. The molecule has 2 amide bonds. The Hall–Kier alpha value is -1.91. The first-order valence-corrected chi connectivity index (χ1v) is 7.58. The number of carbonyl (C=O) groups excluding carboxylic acids is 2. The zero-order valence-corrected chi connectivity index (χ0v) is 12.9. The normalized spacial score (nSPS) is 23.9. The maximum Gasteiger partial charge on any atom is 0.246 e. The lowest BCUT2D eigenvalue weighted by atomic mass is 9.93. The molecule has 0 bridgehead atoms. The van der Waals surface area contributed by atoms with Crippen LogP contribution < -0.4 is 5.32 Å². The SMILES string of the molecule is CCC(C)C1NC(=O)C(CC)N(Cc2cccnc2)C1=O. The molecule has 2 heterocycles. The van der Waals surface area contributed by atoms with Gasteiger partial charge in [0.2, 0.25) is 11.8 Å². The molecule has 0 saturated carbocycles. The highest BCUT2D eigenvalue weighted by Gasteiger charge is 2.41. The maximum absolute atomic E-state index is 12.7. The van der Waals surface area contributed by atoms with Crippen molar-refractivity contribution in [2.45, 2.75) is 52.2 Å². The van der Waals surface area contributed by atoms with Crippen LogP contribution in [-0.2, 0) is 16.1 Å². The number of rotatable bonds is 5. The second-order valence-electron chi connectivity index (χ2n) is 5.62. The Kier molecular flexibility index (Phi) is 4.94. The van der Waals surface area contributed by atoms with Crippen LogP contribution in [0.2, 0.25) is 0 Å². The highest BCUT2D eigenvalue weighted by atomic mass is 16.2. The van der Waals surface area contributed by atoms with Gasteiger partial charge in [-0.1, -0.05) is 33.3 Å². The highest BCUT2D eigenvalue weighted by Crippen LogP contribution is 2.21. The van der Waals surface area contributed by atoms with Crippen LogP contribution in [0.3, 0.4) is 0 Å². The zero-order chi connectivity index (χ0) is 15.4. The molecule has 0 spiro atoms. The summed E-state index contributed by atoms with van der Waals surface area (Å²) in [4.78, 5) is 30.8. The van der Waals surface area contributed by atoms with Crippen molar-refractivity contribution in [1.82, 2.24) is 15.2 Å². The second-order valence-corrected chi connectivity index (χ2v) is 5.62. The molecular weight excluding hydrogens is 266 g/mol. The summed E-state index contributed by atoms with van der Waals surface area (Å²) in [5, 5.41) is 2.89. The van der Waals surface area contributed by atoms with Gasteiger partial charge in [0.25, 0.3) is 0 Å². The zero-order valence-electron chi connectivity index (χ0n) is 12.9. The van der Waals surface area contributed by atoms with Gasteiger partial charge in [0, 0.05) is 18.9 Å². The van der Waals surface area contributed by atoms with E-state index in [-0.39, 0.29) is 17.7 Å². The van der Waals surface area contributed by atoms with Crippen LogP contribution in [0.15, 0.2) is 24.5 Å². The number of hydrogen-bond donors (Lipinski definition) is 1. The van der Waals surface area contributed by atoms with Crippen LogP contribution in [0, 0.1) is 5.92 Å². The average molecular weight is 289 g/mol. The number of aromatic nitrogens is 1. The molecule has 114 valence electrons. The molecule has 1 N–H and O–H groups in total.